The molecule has 14 heteroatoms. The van der Waals surface area contributed by atoms with Crippen molar-refractivity contribution in [1.82, 2.24) is 29.2 Å². The molecule has 0 saturated carbocycles. The molecule has 7 heterocycles. The second-order valence-corrected chi connectivity index (χ2v) is 16.2. The molecule has 2 aromatic carbocycles. The second-order valence-electron chi connectivity index (χ2n) is 15.3. The van der Waals surface area contributed by atoms with Gasteiger partial charge in [0.1, 0.15) is 6.07 Å². The summed E-state index contributed by atoms with van der Waals surface area (Å²) in [6, 6.07) is 18.2. The molecule has 286 valence electrons. The van der Waals surface area contributed by atoms with Crippen LogP contribution in [0.2, 0.25) is 0 Å². The molecule has 3 saturated heterocycles. The first-order valence-electron chi connectivity index (χ1n) is 19.2. The summed E-state index contributed by atoms with van der Waals surface area (Å²) >= 11 is 3.29. The van der Waals surface area contributed by atoms with Crippen molar-refractivity contribution in [3.05, 3.63) is 107 Å². The number of piperidine rings is 2. The highest BCUT2D eigenvalue weighted by Crippen LogP contribution is 2.38. The summed E-state index contributed by atoms with van der Waals surface area (Å²) in [5.74, 6) is 0. The summed E-state index contributed by atoms with van der Waals surface area (Å²) in [7, 11) is -0.407. The minimum absolute atomic E-state index is 0.360. The van der Waals surface area contributed by atoms with Crippen LogP contribution in [-0.4, -0.2) is 73.7 Å². The summed E-state index contributed by atoms with van der Waals surface area (Å²) in [6.45, 7) is 19.9. The van der Waals surface area contributed by atoms with Crippen molar-refractivity contribution < 1.29 is 9.31 Å². The van der Waals surface area contributed by atoms with Crippen LogP contribution in [0.15, 0.2) is 90.2 Å². The fourth-order valence-corrected chi connectivity index (χ4v) is 7.42. The van der Waals surface area contributed by atoms with E-state index in [-0.39, 0.29) is 11.2 Å². The lowest BCUT2D eigenvalue weighted by molar-refractivity contribution is 0.00578. The SMILES string of the molecule is Brc1cnc2ccnn2c1.N#Cc1cc(-c2cnc3ccnn3c2)ccc1N1CCCCC1.[C-]#[N+]c1cc(B2OC(C)(C)C(C)(C)O2)ccc1N1CCCCC1. The summed E-state index contributed by atoms with van der Waals surface area (Å²) < 4.78 is 16.6. The van der Waals surface area contributed by atoms with Crippen molar-refractivity contribution in [3.63, 3.8) is 0 Å². The van der Waals surface area contributed by atoms with Gasteiger partial charge in [-0.15, -0.1) is 0 Å². The molecule has 0 radical (unpaired) electrons. The molecule has 3 aliphatic rings. The Morgan fingerprint density at radius 3 is 1.91 bits per heavy atom. The molecule has 3 fully saturated rings. The average Bonchev–Trinajstić information content (AvgIpc) is 3.95. The summed E-state index contributed by atoms with van der Waals surface area (Å²) in [5, 5.41) is 17.8. The molecule has 0 spiro atoms. The minimum atomic E-state index is -0.407. The van der Waals surface area contributed by atoms with Gasteiger partial charge in [0, 0.05) is 74.3 Å². The molecule has 0 bridgehead atoms. The lowest BCUT2D eigenvalue weighted by Gasteiger charge is -2.32. The van der Waals surface area contributed by atoms with Crippen LogP contribution in [0, 0.1) is 17.9 Å². The highest BCUT2D eigenvalue weighted by atomic mass is 79.9. The number of hydrogen-bond donors (Lipinski definition) is 0. The first-order valence-corrected chi connectivity index (χ1v) is 20.0. The normalized spacial score (nSPS) is 17.4. The zero-order valence-corrected chi connectivity index (χ0v) is 34.0. The maximum Gasteiger partial charge on any atom is 0.493 e. The number of fused-ring (bicyclic) bond motifs is 2. The van der Waals surface area contributed by atoms with E-state index in [1.165, 1.54) is 38.5 Å². The van der Waals surface area contributed by atoms with Crippen LogP contribution >= 0.6 is 15.9 Å². The largest absolute Gasteiger partial charge is 0.493 e. The van der Waals surface area contributed by atoms with Gasteiger partial charge in [0.25, 0.3) is 0 Å². The van der Waals surface area contributed by atoms with E-state index in [0.29, 0.717) is 5.69 Å². The fourth-order valence-electron chi connectivity index (χ4n) is 7.12. The van der Waals surface area contributed by atoms with Crippen molar-refractivity contribution in [1.29, 1.82) is 5.26 Å². The third-order valence-corrected chi connectivity index (χ3v) is 11.4. The molecule has 6 aromatic rings. The standard InChI is InChI=1S/C18H25BN2O2.C18H17N5.C6H4BrN3/c1-17(2)18(3,4)23-19(22-17)14-9-10-16(15(13-14)20-5)21-11-7-6-8-12-21;19-11-15-10-14(4-5-17(15)22-8-2-1-3-9-22)16-12-20-18-6-7-21-23(18)13-16;7-5-3-8-6-1-2-9-10(6)4-5/h9-10,13H,6-8,11-12H2,1-4H3;4-7,10,12-13H,1-3,8-9H2;1-4H. The van der Waals surface area contributed by atoms with Gasteiger partial charge in [0.2, 0.25) is 5.69 Å². The number of hydrogen-bond acceptors (Lipinski definition) is 9. The Morgan fingerprint density at radius 2 is 1.30 bits per heavy atom. The summed E-state index contributed by atoms with van der Waals surface area (Å²) in [6.07, 6.45) is 18.2. The van der Waals surface area contributed by atoms with E-state index in [1.807, 2.05) is 76.6 Å². The Morgan fingerprint density at radius 1 is 0.732 bits per heavy atom. The Kier molecular flexibility index (Phi) is 11.7. The number of benzene rings is 2. The van der Waals surface area contributed by atoms with Crippen LogP contribution in [0.3, 0.4) is 0 Å². The smallest absolute Gasteiger partial charge is 0.399 e. The Balaban J connectivity index is 0.000000138. The van der Waals surface area contributed by atoms with E-state index >= 15 is 0 Å². The van der Waals surface area contributed by atoms with Gasteiger partial charge >= 0.3 is 7.12 Å². The molecule has 0 unspecified atom stereocenters. The van der Waals surface area contributed by atoms with E-state index in [2.05, 4.69) is 75.0 Å². The van der Waals surface area contributed by atoms with Crippen molar-refractivity contribution in [2.45, 2.75) is 77.4 Å². The van der Waals surface area contributed by atoms with Gasteiger partial charge in [0.15, 0.2) is 11.3 Å². The number of rotatable bonds is 4. The molecule has 0 amide bonds. The van der Waals surface area contributed by atoms with Crippen molar-refractivity contribution in [3.8, 4) is 17.2 Å². The first-order chi connectivity index (χ1) is 27.0. The lowest BCUT2D eigenvalue weighted by atomic mass is 9.78. The van der Waals surface area contributed by atoms with Gasteiger partial charge in [-0.25, -0.2) is 23.8 Å². The summed E-state index contributed by atoms with van der Waals surface area (Å²) in [5.41, 5.74) is 7.35. The zero-order chi connectivity index (χ0) is 39.3. The quantitative estimate of drug-likeness (QED) is 0.128. The molecule has 12 nitrogen and oxygen atoms in total. The van der Waals surface area contributed by atoms with E-state index in [4.69, 9.17) is 15.9 Å². The Bertz CT molecular complexity index is 2370. The molecule has 0 aliphatic carbocycles. The highest BCUT2D eigenvalue weighted by molar-refractivity contribution is 9.10. The number of anilines is 2. The van der Waals surface area contributed by atoms with E-state index in [0.717, 1.165) is 75.5 Å². The van der Waals surface area contributed by atoms with Crippen molar-refractivity contribution in [2.75, 3.05) is 36.0 Å². The highest BCUT2D eigenvalue weighted by Gasteiger charge is 2.51. The van der Waals surface area contributed by atoms with Gasteiger partial charge in [0.05, 0.1) is 45.9 Å². The molecule has 4 aromatic heterocycles. The van der Waals surface area contributed by atoms with Crippen LogP contribution in [0.1, 0.15) is 71.8 Å². The third kappa shape index (κ3) is 8.58. The maximum absolute atomic E-state index is 9.55. The Hall–Kier alpha value is -5.28. The van der Waals surface area contributed by atoms with Gasteiger partial charge in [-0.3, -0.25) is 0 Å². The number of nitriles is 1. The van der Waals surface area contributed by atoms with Crippen molar-refractivity contribution in [2.24, 2.45) is 0 Å². The predicted octanol–water partition coefficient (Wildman–Crippen LogP) is 8.28. The van der Waals surface area contributed by atoms with Gasteiger partial charge in [-0.05, 0) is 105 Å². The third-order valence-electron chi connectivity index (χ3n) is 11.0. The van der Waals surface area contributed by atoms with Gasteiger partial charge in [-0.1, -0.05) is 24.3 Å². The molecule has 3 aliphatic heterocycles. The number of nitrogens with zero attached hydrogens (tertiary/aromatic N) is 10. The topological polar surface area (TPSA) is 113 Å². The van der Waals surface area contributed by atoms with Crippen LogP contribution in [-0.2, 0) is 9.31 Å². The second kappa shape index (κ2) is 16.8. The predicted molar refractivity (Wildman–Crippen MR) is 224 cm³/mol. The first kappa shape index (κ1) is 39.0. The van der Waals surface area contributed by atoms with Crippen LogP contribution in [0.4, 0.5) is 17.1 Å². The monoisotopic (exact) mass is 812 g/mol. The maximum atomic E-state index is 9.55. The van der Waals surface area contributed by atoms with Crippen LogP contribution < -0.4 is 15.3 Å². The molecule has 0 N–H and O–H groups in total. The van der Waals surface area contributed by atoms with Gasteiger partial charge in [-0.2, -0.15) is 15.5 Å². The average molecular weight is 814 g/mol. The van der Waals surface area contributed by atoms with Crippen molar-refractivity contribution >= 4 is 56.9 Å². The number of aromatic nitrogens is 6. The molecule has 0 atom stereocenters. The van der Waals surface area contributed by atoms with E-state index < -0.39 is 7.12 Å². The molecular weight excluding hydrogens is 767 g/mol. The zero-order valence-electron chi connectivity index (χ0n) is 32.4. The molecule has 56 heavy (non-hydrogen) atoms. The summed E-state index contributed by atoms with van der Waals surface area (Å²) in [4.78, 5) is 16.9. The lowest BCUT2D eigenvalue weighted by Crippen LogP contribution is -2.41. The Labute approximate surface area is 337 Å². The molecular formula is C42H46BBrN10O2. The van der Waals surface area contributed by atoms with Crippen LogP contribution in [0.25, 0.3) is 27.3 Å². The number of halogens is 1. The van der Waals surface area contributed by atoms with Crippen LogP contribution in [0.5, 0.6) is 0 Å². The molecule has 9 rings (SSSR count). The van der Waals surface area contributed by atoms with E-state index in [9.17, 15) is 5.26 Å². The minimum Gasteiger partial charge on any atom is -0.399 e. The fraction of sp³-hybridized carbons (Fsp3) is 0.381. The van der Waals surface area contributed by atoms with E-state index in [1.54, 1.807) is 27.6 Å². The van der Waals surface area contributed by atoms with Gasteiger partial charge < -0.3 is 19.1 Å².